The molecular weight excluding hydrogens is 315 g/mol. The highest BCUT2D eigenvalue weighted by Gasteiger charge is 2.22. The van der Waals surface area contributed by atoms with E-state index in [1.165, 1.54) is 13.0 Å². The van der Waals surface area contributed by atoms with Crippen LogP contribution >= 0.6 is 11.6 Å². The number of urea groups is 1. The topological polar surface area (TPSA) is 84.5 Å². The number of halogens is 2. The number of benzene rings is 1. The van der Waals surface area contributed by atoms with Crippen LogP contribution in [0.3, 0.4) is 0 Å². The smallest absolute Gasteiger partial charge is 0.341 e. The predicted octanol–water partition coefficient (Wildman–Crippen LogP) is 2.26. The summed E-state index contributed by atoms with van der Waals surface area (Å²) in [5.74, 6) is -2.70. The molecule has 0 fully saturated rings. The monoisotopic (exact) mass is 330 g/mol. The number of carbonyl (C=O) groups is 3. The van der Waals surface area contributed by atoms with Crippen molar-refractivity contribution in [3.05, 3.63) is 34.6 Å². The fraction of sp³-hybridized carbons (Fsp3) is 0.357. The molecule has 0 aliphatic carbocycles. The first-order chi connectivity index (χ1) is 10.2. The van der Waals surface area contributed by atoms with E-state index >= 15 is 0 Å². The van der Waals surface area contributed by atoms with Gasteiger partial charge in [-0.1, -0.05) is 11.6 Å². The van der Waals surface area contributed by atoms with Crippen molar-refractivity contribution >= 4 is 29.5 Å². The first kappa shape index (κ1) is 17.9. The number of ether oxygens (including phenoxy) is 1. The average molecular weight is 331 g/mol. The van der Waals surface area contributed by atoms with E-state index in [9.17, 15) is 18.8 Å². The van der Waals surface area contributed by atoms with Crippen molar-refractivity contribution in [1.29, 1.82) is 0 Å². The zero-order valence-corrected chi connectivity index (χ0v) is 13.0. The van der Waals surface area contributed by atoms with Crippen LogP contribution in [0.15, 0.2) is 18.2 Å². The van der Waals surface area contributed by atoms with Gasteiger partial charge in [-0.25, -0.2) is 14.0 Å². The molecule has 1 atom stereocenters. The summed E-state index contributed by atoms with van der Waals surface area (Å²) in [4.78, 5) is 34.8. The van der Waals surface area contributed by atoms with Gasteiger partial charge in [-0.3, -0.25) is 10.1 Å². The molecule has 0 bridgehead atoms. The van der Waals surface area contributed by atoms with Gasteiger partial charge in [0.2, 0.25) is 0 Å². The molecule has 1 unspecified atom stereocenters. The highest BCUT2D eigenvalue weighted by molar-refractivity contribution is 6.30. The lowest BCUT2D eigenvalue weighted by atomic mass is 10.2. The van der Waals surface area contributed by atoms with E-state index in [0.29, 0.717) is 0 Å². The molecule has 0 aliphatic rings. The highest BCUT2D eigenvalue weighted by Crippen LogP contribution is 2.16. The number of esters is 1. The Hall–Kier alpha value is -2.15. The maximum atomic E-state index is 13.6. The average Bonchev–Trinajstić information content (AvgIpc) is 2.36. The molecular formula is C14H16ClFN2O4. The van der Waals surface area contributed by atoms with Crippen molar-refractivity contribution < 1.29 is 23.5 Å². The molecule has 6 nitrogen and oxygen atoms in total. The molecule has 8 heteroatoms. The Labute approximate surface area is 132 Å². The van der Waals surface area contributed by atoms with Gasteiger partial charge in [-0.2, -0.15) is 0 Å². The van der Waals surface area contributed by atoms with Gasteiger partial charge in [-0.15, -0.1) is 0 Å². The SMILES string of the molecule is CC(C)NC(=O)NC(=O)C(C)OC(=O)c1ccc(Cl)cc1F. The highest BCUT2D eigenvalue weighted by atomic mass is 35.5. The number of nitrogens with one attached hydrogen (secondary N) is 2. The first-order valence-electron chi connectivity index (χ1n) is 6.48. The van der Waals surface area contributed by atoms with Crippen LogP contribution in [0.4, 0.5) is 9.18 Å². The van der Waals surface area contributed by atoms with Crippen molar-refractivity contribution in [2.24, 2.45) is 0 Å². The molecule has 0 aromatic heterocycles. The molecule has 1 aromatic rings. The van der Waals surface area contributed by atoms with Crippen LogP contribution in [-0.4, -0.2) is 30.1 Å². The van der Waals surface area contributed by atoms with Gasteiger partial charge in [0.25, 0.3) is 5.91 Å². The molecule has 0 saturated heterocycles. The van der Waals surface area contributed by atoms with Crippen molar-refractivity contribution in [3.8, 4) is 0 Å². The fourth-order valence-corrected chi connectivity index (χ4v) is 1.60. The van der Waals surface area contributed by atoms with E-state index in [1.54, 1.807) is 13.8 Å². The van der Waals surface area contributed by atoms with Gasteiger partial charge >= 0.3 is 12.0 Å². The van der Waals surface area contributed by atoms with Crippen LogP contribution in [0.25, 0.3) is 0 Å². The summed E-state index contributed by atoms with van der Waals surface area (Å²) in [7, 11) is 0. The molecule has 22 heavy (non-hydrogen) atoms. The van der Waals surface area contributed by atoms with Crippen LogP contribution in [0.5, 0.6) is 0 Å². The summed E-state index contributed by atoms with van der Waals surface area (Å²) in [6.45, 7) is 4.71. The zero-order chi connectivity index (χ0) is 16.9. The lowest BCUT2D eigenvalue weighted by molar-refractivity contribution is -0.127. The lowest BCUT2D eigenvalue weighted by Gasteiger charge is -2.14. The van der Waals surface area contributed by atoms with E-state index < -0.39 is 29.8 Å². The zero-order valence-electron chi connectivity index (χ0n) is 12.3. The predicted molar refractivity (Wildman–Crippen MR) is 78.1 cm³/mol. The number of hydrogen-bond donors (Lipinski definition) is 2. The Morgan fingerprint density at radius 1 is 1.23 bits per heavy atom. The van der Waals surface area contributed by atoms with E-state index in [2.05, 4.69) is 5.32 Å². The van der Waals surface area contributed by atoms with Gasteiger partial charge in [0.15, 0.2) is 6.10 Å². The standard InChI is InChI=1S/C14H16ClFN2O4/c1-7(2)17-14(21)18-12(19)8(3)22-13(20)10-5-4-9(15)6-11(10)16/h4-8H,1-3H3,(H2,17,18,19,21). The normalized spacial score (nSPS) is 11.7. The van der Waals surface area contributed by atoms with E-state index in [4.69, 9.17) is 16.3 Å². The quantitative estimate of drug-likeness (QED) is 0.829. The molecule has 0 aliphatic heterocycles. The van der Waals surface area contributed by atoms with E-state index in [-0.39, 0.29) is 16.6 Å². The van der Waals surface area contributed by atoms with Crippen molar-refractivity contribution in [3.63, 3.8) is 0 Å². The summed E-state index contributed by atoms with van der Waals surface area (Å²) in [5.41, 5.74) is -0.351. The Morgan fingerprint density at radius 2 is 1.86 bits per heavy atom. The second-order valence-corrected chi connectivity index (χ2v) is 5.23. The van der Waals surface area contributed by atoms with Crippen LogP contribution < -0.4 is 10.6 Å². The first-order valence-corrected chi connectivity index (χ1v) is 6.86. The molecule has 2 N–H and O–H groups in total. The van der Waals surface area contributed by atoms with Crippen molar-refractivity contribution in [2.45, 2.75) is 32.9 Å². The second-order valence-electron chi connectivity index (χ2n) is 4.79. The van der Waals surface area contributed by atoms with Crippen LogP contribution in [0.1, 0.15) is 31.1 Å². The number of carbonyl (C=O) groups excluding carboxylic acids is 3. The second kappa shape index (κ2) is 7.74. The van der Waals surface area contributed by atoms with Crippen LogP contribution in [0.2, 0.25) is 5.02 Å². The summed E-state index contributed by atoms with van der Waals surface area (Å²) < 4.78 is 18.4. The third-order valence-corrected chi connectivity index (χ3v) is 2.70. The minimum Gasteiger partial charge on any atom is -0.449 e. The largest absolute Gasteiger partial charge is 0.449 e. The summed E-state index contributed by atoms with van der Waals surface area (Å²) in [6.07, 6.45) is -1.26. The van der Waals surface area contributed by atoms with E-state index in [1.807, 2.05) is 5.32 Å². The lowest BCUT2D eigenvalue weighted by Crippen LogP contribution is -2.46. The van der Waals surface area contributed by atoms with Gasteiger partial charge in [0, 0.05) is 11.1 Å². The summed E-state index contributed by atoms with van der Waals surface area (Å²) in [6, 6.07) is 2.56. The fourth-order valence-electron chi connectivity index (χ4n) is 1.44. The van der Waals surface area contributed by atoms with Gasteiger partial charge in [0.05, 0.1) is 5.56 Å². The molecule has 0 saturated carbocycles. The molecule has 1 aromatic carbocycles. The Morgan fingerprint density at radius 3 is 2.41 bits per heavy atom. The van der Waals surface area contributed by atoms with Crippen molar-refractivity contribution in [2.75, 3.05) is 0 Å². The Bertz CT molecular complexity index is 592. The maximum absolute atomic E-state index is 13.6. The van der Waals surface area contributed by atoms with Gasteiger partial charge < -0.3 is 10.1 Å². The molecule has 120 valence electrons. The van der Waals surface area contributed by atoms with Crippen molar-refractivity contribution in [1.82, 2.24) is 10.6 Å². The number of hydrogen-bond acceptors (Lipinski definition) is 4. The van der Waals surface area contributed by atoms with E-state index in [0.717, 1.165) is 12.1 Å². The van der Waals surface area contributed by atoms with Gasteiger partial charge in [0.1, 0.15) is 5.82 Å². The van der Waals surface area contributed by atoms with Gasteiger partial charge in [-0.05, 0) is 39.0 Å². The number of amides is 3. The molecule has 3 amide bonds. The number of imide groups is 1. The molecule has 0 spiro atoms. The van der Waals surface area contributed by atoms with Crippen LogP contribution in [-0.2, 0) is 9.53 Å². The number of rotatable bonds is 4. The summed E-state index contributed by atoms with van der Waals surface area (Å²) in [5, 5.41) is 4.58. The summed E-state index contributed by atoms with van der Waals surface area (Å²) >= 11 is 5.58. The maximum Gasteiger partial charge on any atom is 0.341 e. The van der Waals surface area contributed by atoms with Crippen LogP contribution in [0, 0.1) is 5.82 Å². The molecule has 1 rings (SSSR count). The molecule has 0 radical (unpaired) electrons. The Kier molecular flexibility index (Phi) is 6.30. The minimum atomic E-state index is -1.26. The minimum absolute atomic E-state index is 0.130. The molecule has 0 heterocycles. The third-order valence-electron chi connectivity index (χ3n) is 2.46. The third kappa shape index (κ3) is 5.33. The Balaban J connectivity index is 2.63.